The Labute approximate surface area is 99.8 Å². The van der Waals surface area contributed by atoms with Crippen LogP contribution in [0, 0.1) is 0 Å². The molecule has 0 amide bonds. The Morgan fingerprint density at radius 3 is 2.81 bits per heavy atom. The summed E-state index contributed by atoms with van der Waals surface area (Å²) < 4.78 is 22.9. The summed E-state index contributed by atoms with van der Waals surface area (Å²) in [6.45, 7) is 1.69. The summed E-state index contributed by atoms with van der Waals surface area (Å²) in [4.78, 5) is 5.58. The molecule has 1 aromatic heterocycles. The highest BCUT2D eigenvalue weighted by Crippen LogP contribution is 2.35. The first-order chi connectivity index (χ1) is 7.39. The Morgan fingerprint density at radius 1 is 1.56 bits per heavy atom. The van der Waals surface area contributed by atoms with E-state index in [4.69, 9.17) is 5.73 Å². The molecule has 2 N–H and O–H groups in total. The van der Waals surface area contributed by atoms with Crippen molar-refractivity contribution in [3.63, 3.8) is 0 Å². The molecule has 0 aromatic carbocycles. The van der Waals surface area contributed by atoms with Crippen molar-refractivity contribution in [3.05, 3.63) is 15.6 Å². The lowest BCUT2D eigenvalue weighted by Crippen LogP contribution is -2.16. The zero-order valence-corrected chi connectivity index (χ0v) is 11.1. The van der Waals surface area contributed by atoms with Gasteiger partial charge >= 0.3 is 0 Å². The van der Waals surface area contributed by atoms with Gasteiger partial charge in [0.05, 0.1) is 5.69 Å². The van der Waals surface area contributed by atoms with Gasteiger partial charge in [0.1, 0.15) is 10.3 Å². The molecule has 0 spiro atoms. The van der Waals surface area contributed by atoms with E-state index in [0.29, 0.717) is 5.01 Å². The van der Waals surface area contributed by atoms with Gasteiger partial charge in [0.2, 0.25) is 0 Å². The van der Waals surface area contributed by atoms with E-state index in [1.54, 1.807) is 6.92 Å². The van der Waals surface area contributed by atoms with Crippen LogP contribution in [0.3, 0.4) is 0 Å². The van der Waals surface area contributed by atoms with Crippen LogP contribution in [0.25, 0.3) is 0 Å². The number of hydrogen-bond donors (Lipinski definition) is 1. The number of aryl methyl sites for hydroxylation is 1. The average molecular weight is 260 g/mol. The molecule has 2 rings (SSSR count). The van der Waals surface area contributed by atoms with Crippen LogP contribution < -0.4 is 5.73 Å². The third-order valence-electron chi connectivity index (χ3n) is 3.00. The Balaban J connectivity index is 2.38. The minimum absolute atomic E-state index is 0.0134. The molecule has 1 heterocycles. The minimum atomic E-state index is -3.07. The van der Waals surface area contributed by atoms with E-state index in [0.717, 1.165) is 25.0 Å². The molecule has 0 saturated carbocycles. The van der Waals surface area contributed by atoms with Gasteiger partial charge in [0, 0.05) is 17.2 Å². The van der Waals surface area contributed by atoms with Crippen LogP contribution in [0.5, 0.6) is 0 Å². The highest BCUT2D eigenvalue weighted by Gasteiger charge is 2.27. The number of nitrogens with zero attached hydrogens (tertiary/aromatic N) is 1. The number of nitrogens with two attached hydrogens (primary N) is 1. The molecule has 1 aromatic rings. The maximum atomic E-state index is 11.5. The van der Waals surface area contributed by atoms with Crippen LogP contribution in [0.15, 0.2) is 0 Å². The monoisotopic (exact) mass is 260 g/mol. The van der Waals surface area contributed by atoms with Crippen LogP contribution in [0.2, 0.25) is 0 Å². The lowest BCUT2D eigenvalue weighted by atomic mass is 9.99. The zero-order chi connectivity index (χ0) is 11.9. The molecule has 4 nitrogen and oxygen atoms in total. The number of rotatable bonds is 2. The SMILES string of the molecule is CC(c1nc2c(s1)CCCC2N)S(C)(=O)=O. The molecule has 0 saturated heterocycles. The second-order valence-corrected chi connectivity index (χ2v) is 7.81. The summed E-state index contributed by atoms with van der Waals surface area (Å²) in [7, 11) is -3.07. The van der Waals surface area contributed by atoms with Crippen LogP contribution in [-0.4, -0.2) is 19.7 Å². The van der Waals surface area contributed by atoms with Crippen LogP contribution in [-0.2, 0) is 16.3 Å². The topological polar surface area (TPSA) is 73.0 Å². The number of thiazole rings is 1. The zero-order valence-electron chi connectivity index (χ0n) is 9.43. The van der Waals surface area contributed by atoms with E-state index in [1.165, 1.54) is 22.5 Å². The lowest BCUT2D eigenvalue weighted by Gasteiger charge is -2.15. The number of fused-ring (bicyclic) bond motifs is 1. The van der Waals surface area contributed by atoms with Gasteiger partial charge in [-0.2, -0.15) is 0 Å². The van der Waals surface area contributed by atoms with Crippen molar-refractivity contribution in [2.24, 2.45) is 5.73 Å². The maximum Gasteiger partial charge on any atom is 0.156 e. The molecule has 1 aliphatic carbocycles. The van der Waals surface area contributed by atoms with Gasteiger partial charge in [-0.25, -0.2) is 13.4 Å². The maximum absolute atomic E-state index is 11.5. The summed E-state index contributed by atoms with van der Waals surface area (Å²) in [6, 6.07) is -0.0134. The fourth-order valence-electron chi connectivity index (χ4n) is 1.83. The molecule has 90 valence electrons. The summed E-state index contributed by atoms with van der Waals surface area (Å²) >= 11 is 1.50. The third-order valence-corrected chi connectivity index (χ3v) is 5.97. The molecule has 0 bridgehead atoms. The molecular formula is C10H16N2O2S2. The number of sulfone groups is 1. The second kappa shape index (κ2) is 4.09. The van der Waals surface area contributed by atoms with Crippen molar-refractivity contribution in [3.8, 4) is 0 Å². The number of aromatic nitrogens is 1. The summed E-state index contributed by atoms with van der Waals surface area (Å²) in [5, 5.41) is 0.167. The molecule has 2 unspecified atom stereocenters. The van der Waals surface area contributed by atoms with E-state index in [-0.39, 0.29) is 6.04 Å². The summed E-state index contributed by atoms with van der Waals surface area (Å²) in [5.41, 5.74) is 6.88. The van der Waals surface area contributed by atoms with Gasteiger partial charge in [-0.1, -0.05) is 0 Å². The Kier molecular flexibility index (Phi) is 3.07. The average Bonchev–Trinajstić information content (AvgIpc) is 2.60. The predicted octanol–water partition coefficient (Wildman–Crippen LogP) is 1.58. The van der Waals surface area contributed by atoms with Crippen LogP contribution in [0.4, 0.5) is 0 Å². The van der Waals surface area contributed by atoms with Crippen molar-refractivity contribution in [1.82, 2.24) is 4.98 Å². The molecule has 16 heavy (non-hydrogen) atoms. The molecule has 6 heteroatoms. The first-order valence-corrected chi connectivity index (χ1v) is 8.10. The molecule has 0 fully saturated rings. The third kappa shape index (κ3) is 2.14. The van der Waals surface area contributed by atoms with Crippen molar-refractivity contribution < 1.29 is 8.42 Å². The van der Waals surface area contributed by atoms with E-state index in [2.05, 4.69) is 4.98 Å². The lowest BCUT2D eigenvalue weighted by molar-refractivity contribution is 0.561. The van der Waals surface area contributed by atoms with E-state index in [1.807, 2.05) is 0 Å². The number of hydrogen-bond acceptors (Lipinski definition) is 5. The van der Waals surface area contributed by atoms with E-state index >= 15 is 0 Å². The Hall–Kier alpha value is -0.460. The molecule has 2 atom stereocenters. The Bertz CT molecular complexity index is 493. The standard InChI is InChI=1S/C10H16N2O2S2/c1-6(16(2,13)14)10-12-9-7(11)4-3-5-8(9)15-10/h6-7H,3-5,11H2,1-2H3. The first-order valence-electron chi connectivity index (χ1n) is 5.33. The Morgan fingerprint density at radius 2 is 2.25 bits per heavy atom. The molecular weight excluding hydrogens is 244 g/mol. The molecule has 0 radical (unpaired) electrons. The smallest absolute Gasteiger partial charge is 0.156 e. The fraction of sp³-hybridized carbons (Fsp3) is 0.700. The highest BCUT2D eigenvalue weighted by atomic mass is 32.2. The summed E-state index contributed by atoms with van der Waals surface area (Å²) in [5.74, 6) is 0. The van der Waals surface area contributed by atoms with Gasteiger partial charge in [0.25, 0.3) is 0 Å². The van der Waals surface area contributed by atoms with E-state index in [9.17, 15) is 8.42 Å². The van der Waals surface area contributed by atoms with E-state index < -0.39 is 15.1 Å². The van der Waals surface area contributed by atoms with Gasteiger partial charge in [-0.15, -0.1) is 11.3 Å². The van der Waals surface area contributed by atoms with Crippen molar-refractivity contribution in [2.45, 2.75) is 37.5 Å². The van der Waals surface area contributed by atoms with Crippen LogP contribution >= 0.6 is 11.3 Å². The fourth-order valence-corrected chi connectivity index (χ4v) is 4.03. The quantitative estimate of drug-likeness (QED) is 0.876. The van der Waals surface area contributed by atoms with Gasteiger partial charge in [-0.05, 0) is 26.2 Å². The molecule has 0 aliphatic heterocycles. The van der Waals surface area contributed by atoms with Crippen LogP contribution in [0.1, 0.15) is 46.6 Å². The second-order valence-electron chi connectivity index (χ2n) is 4.33. The summed E-state index contributed by atoms with van der Waals surface area (Å²) in [6.07, 6.45) is 4.25. The van der Waals surface area contributed by atoms with Gasteiger partial charge in [-0.3, -0.25) is 0 Å². The first kappa shape index (κ1) is 12.0. The predicted molar refractivity (Wildman–Crippen MR) is 65.2 cm³/mol. The van der Waals surface area contributed by atoms with Gasteiger partial charge in [0.15, 0.2) is 9.84 Å². The van der Waals surface area contributed by atoms with Gasteiger partial charge < -0.3 is 5.73 Å². The highest BCUT2D eigenvalue weighted by molar-refractivity contribution is 7.91. The van der Waals surface area contributed by atoms with Crippen molar-refractivity contribution in [2.75, 3.05) is 6.26 Å². The van der Waals surface area contributed by atoms with Crippen molar-refractivity contribution >= 4 is 21.2 Å². The van der Waals surface area contributed by atoms with Crippen molar-refractivity contribution in [1.29, 1.82) is 0 Å². The largest absolute Gasteiger partial charge is 0.323 e. The minimum Gasteiger partial charge on any atom is -0.323 e. The normalized spacial score (nSPS) is 22.8. The molecule has 1 aliphatic rings.